The molecule has 5 heteroatoms. The Bertz CT molecular complexity index is 669. The van der Waals surface area contributed by atoms with Crippen molar-refractivity contribution < 1.29 is 5.11 Å². The lowest BCUT2D eigenvalue weighted by atomic mass is 9.93. The highest BCUT2D eigenvalue weighted by Crippen LogP contribution is 2.36. The normalized spacial score (nSPS) is 14.5. The van der Waals surface area contributed by atoms with Crippen molar-refractivity contribution in [2.45, 2.75) is 38.2 Å². The van der Waals surface area contributed by atoms with Crippen LogP contribution >= 0.6 is 22.9 Å². The van der Waals surface area contributed by atoms with Crippen LogP contribution in [-0.2, 0) is 5.41 Å². The standard InChI is InChI=1S/C16H17ClN2OS/c1-16(2,3)13-9-21-15(19-13)11(8-18)14(20)10-6-4-5-7-12(10)17/h4-7,9,11,14,20H,1-3H3. The van der Waals surface area contributed by atoms with Gasteiger partial charge in [0.2, 0.25) is 0 Å². The molecule has 0 aliphatic rings. The molecule has 0 spiro atoms. The highest BCUT2D eigenvalue weighted by Gasteiger charge is 2.28. The monoisotopic (exact) mass is 320 g/mol. The maximum Gasteiger partial charge on any atom is 0.128 e. The highest BCUT2D eigenvalue weighted by molar-refractivity contribution is 7.09. The number of benzene rings is 1. The molecule has 0 saturated heterocycles. The van der Waals surface area contributed by atoms with Crippen LogP contribution in [0.15, 0.2) is 29.6 Å². The van der Waals surface area contributed by atoms with Crippen molar-refractivity contribution in [3.63, 3.8) is 0 Å². The number of thiazole rings is 1. The van der Waals surface area contributed by atoms with Crippen molar-refractivity contribution >= 4 is 22.9 Å². The van der Waals surface area contributed by atoms with Gasteiger partial charge in [0, 0.05) is 21.4 Å². The van der Waals surface area contributed by atoms with Crippen molar-refractivity contribution in [2.75, 3.05) is 0 Å². The van der Waals surface area contributed by atoms with Gasteiger partial charge in [-0.15, -0.1) is 11.3 Å². The molecule has 0 bridgehead atoms. The van der Waals surface area contributed by atoms with Gasteiger partial charge in [-0.05, 0) is 6.07 Å². The van der Waals surface area contributed by atoms with Gasteiger partial charge < -0.3 is 5.11 Å². The number of hydrogen-bond donors (Lipinski definition) is 1. The van der Waals surface area contributed by atoms with Crippen LogP contribution in [0, 0.1) is 11.3 Å². The molecule has 2 rings (SSSR count). The average Bonchev–Trinajstić information content (AvgIpc) is 2.89. The third kappa shape index (κ3) is 3.44. The van der Waals surface area contributed by atoms with Gasteiger partial charge in [0.05, 0.1) is 11.8 Å². The molecule has 0 fully saturated rings. The van der Waals surface area contributed by atoms with Crippen LogP contribution in [0.4, 0.5) is 0 Å². The summed E-state index contributed by atoms with van der Waals surface area (Å²) in [5, 5.41) is 22.9. The second-order valence-electron chi connectivity index (χ2n) is 5.89. The molecular weight excluding hydrogens is 304 g/mol. The van der Waals surface area contributed by atoms with E-state index in [1.165, 1.54) is 11.3 Å². The molecule has 3 nitrogen and oxygen atoms in total. The van der Waals surface area contributed by atoms with E-state index in [1.807, 2.05) is 5.38 Å². The summed E-state index contributed by atoms with van der Waals surface area (Å²) >= 11 is 7.50. The van der Waals surface area contributed by atoms with Crippen molar-refractivity contribution in [2.24, 2.45) is 0 Å². The number of aliphatic hydroxyl groups is 1. The van der Waals surface area contributed by atoms with Gasteiger partial charge in [-0.2, -0.15) is 5.26 Å². The Morgan fingerprint density at radius 3 is 2.52 bits per heavy atom. The zero-order chi connectivity index (χ0) is 15.6. The van der Waals surface area contributed by atoms with E-state index in [0.29, 0.717) is 15.6 Å². The van der Waals surface area contributed by atoms with Gasteiger partial charge in [-0.1, -0.05) is 50.6 Å². The van der Waals surface area contributed by atoms with Crippen molar-refractivity contribution in [3.05, 3.63) is 50.9 Å². The average molecular weight is 321 g/mol. The number of aromatic nitrogens is 1. The van der Waals surface area contributed by atoms with Crippen LogP contribution in [0.1, 0.15) is 49.1 Å². The van der Waals surface area contributed by atoms with E-state index in [1.54, 1.807) is 24.3 Å². The number of halogens is 1. The largest absolute Gasteiger partial charge is 0.387 e. The molecule has 0 radical (unpaired) electrons. The predicted octanol–water partition coefficient (Wildman–Crippen LogP) is 4.43. The summed E-state index contributed by atoms with van der Waals surface area (Å²) in [6, 6.07) is 9.17. The Kier molecular flexibility index (Phi) is 4.67. The Morgan fingerprint density at radius 1 is 1.33 bits per heavy atom. The minimum absolute atomic E-state index is 0.0793. The van der Waals surface area contributed by atoms with Crippen molar-refractivity contribution in [1.29, 1.82) is 5.26 Å². The molecule has 1 aromatic carbocycles. The fourth-order valence-corrected chi connectivity index (χ4v) is 3.30. The van der Waals surface area contributed by atoms with E-state index < -0.39 is 12.0 Å². The molecule has 0 saturated carbocycles. The van der Waals surface area contributed by atoms with Gasteiger partial charge >= 0.3 is 0 Å². The number of nitrogens with zero attached hydrogens (tertiary/aromatic N) is 2. The Hall–Kier alpha value is -1.41. The maximum absolute atomic E-state index is 10.5. The molecule has 2 unspecified atom stereocenters. The van der Waals surface area contributed by atoms with E-state index in [4.69, 9.17) is 11.6 Å². The molecule has 1 N–H and O–H groups in total. The first-order valence-electron chi connectivity index (χ1n) is 6.62. The quantitative estimate of drug-likeness (QED) is 0.909. The molecule has 2 aromatic rings. The Balaban J connectivity index is 2.35. The minimum atomic E-state index is -0.984. The molecular formula is C16H17ClN2OS. The summed E-state index contributed by atoms with van der Waals surface area (Å²) in [4.78, 5) is 4.52. The van der Waals surface area contributed by atoms with Crippen molar-refractivity contribution in [3.8, 4) is 6.07 Å². The minimum Gasteiger partial charge on any atom is -0.387 e. The molecule has 0 aliphatic carbocycles. The molecule has 110 valence electrons. The second-order valence-corrected chi connectivity index (χ2v) is 7.19. The third-order valence-corrected chi connectivity index (χ3v) is 4.51. The highest BCUT2D eigenvalue weighted by atomic mass is 35.5. The van der Waals surface area contributed by atoms with Crippen LogP contribution in [-0.4, -0.2) is 10.1 Å². The summed E-state index contributed by atoms with van der Waals surface area (Å²) in [5.74, 6) is -0.717. The topological polar surface area (TPSA) is 56.9 Å². The second kappa shape index (κ2) is 6.15. The smallest absolute Gasteiger partial charge is 0.128 e. The number of rotatable bonds is 3. The van der Waals surface area contributed by atoms with Crippen LogP contribution in [0.25, 0.3) is 0 Å². The molecule has 0 amide bonds. The van der Waals surface area contributed by atoms with Gasteiger partial charge in [-0.3, -0.25) is 0 Å². The summed E-state index contributed by atoms with van der Waals surface area (Å²) in [6.45, 7) is 6.20. The van der Waals surface area contributed by atoms with Crippen LogP contribution in [0.2, 0.25) is 5.02 Å². The Morgan fingerprint density at radius 2 is 2.00 bits per heavy atom. The zero-order valence-corrected chi connectivity index (χ0v) is 13.7. The van der Waals surface area contributed by atoms with Crippen molar-refractivity contribution in [1.82, 2.24) is 4.98 Å². The SMILES string of the molecule is CC(C)(C)c1csc(C(C#N)C(O)c2ccccc2Cl)n1. The first kappa shape index (κ1) is 16.0. The first-order chi connectivity index (χ1) is 9.84. The van der Waals surface area contributed by atoms with Gasteiger partial charge in [0.15, 0.2) is 0 Å². The van der Waals surface area contributed by atoms with E-state index in [-0.39, 0.29) is 5.41 Å². The van der Waals surface area contributed by atoms with E-state index in [9.17, 15) is 10.4 Å². The number of aliphatic hydroxyl groups excluding tert-OH is 1. The molecule has 21 heavy (non-hydrogen) atoms. The fourth-order valence-electron chi connectivity index (χ4n) is 1.93. The lowest BCUT2D eigenvalue weighted by Crippen LogP contribution is -2.13. The van der Waals surface area contributed by atoms with Gasteiger partial charge in [0.25, 0.3) is 0 Å². The van der Waals surface area contributed by atoms with Gasteiger partial charge in [-0.25, -0.2) is 4.98 Å². The molecule has 1 heterocycles. The van der Waals surface area contributed by atoms with Gasteiger partial charge in [0.1, 0.15) is 17.0 Å². The summed E-state index contributed by atoms with van der Waals surface area (Å²) in [6.07, 6.45) is -0.984. The molecule has 1 aromatic heterocycles. The number of hydrogen-bond acceptors (Lipinski definition) is 4. The maximum atomic E-state index is 10.5. The summed E-state index contributed by atoms with van der Waals surface area (Å²) in [7, 11) is 0. The zero-order valence-electron chi connectivity index (χ0n) is 12.2. The third-order valence-electron chi connectivity index (χ3n) is 3.24. The van der Waals surface area contributed by atoms with Crippen LogP contribution in [0.3, 0.4) is 0 Å². The van der Waals surface area contributed by atoms with E-state index >= 15 is 0 Å². The summed E-state index contributed by atoms with van der Waals surface area (Å²) < 4.78 is 0. The first-order valence-corrected chi connectivity index (χ1v) is 7.88. The molecule has 2 atom stereocenters. The number of nitriles is 1. The Labute approximate surface area is 133 Å². The lowest BCUT2D eigenvalue weighted by Gasteiger charge is -2.17. The summed E-state index contributed by atoms with van der Waals surface area (Å²) in [5.41, 5.74) is 1.40. The molecule has 0 aliphatic heterocycles. The fraction of sp³-hybridized carbons (Fsp3) is 0.375. The van der Waals surface area contributed by atoms with E-state index in [2.05, 4.69) is 31.8 Å². The predicted molar refractivity (Wildman–Crippen MR) is 85.6 cm³/mol. The van der Waals surface area contributed by atoms with E-state index in [0.717, 1.165) is 5.69 Å². The van der Waals surface area contributed by atoms with Crippen LogP contribution in [0.5, 0.6) is 0 Å². The lowest BCUT2D eigenvalue weighted by molar-refractivity contribution is 0.164. The van der Waals surface area contributed by atoms with Crippen LogP contribution < -0.4 is 0 Å².